The second-order valence-electron chi connectivity index (χ2n) is 15.3. The van der Waals surface area contributed by atoms with Crippen molar-refractivity contribution in [2.45, 2.75) is 90.8 Å². The number of anilines is 1. The van der Waals surface area contributed by atoms with Gasteiger partial charge in [0.15, 0.2) is 5.82 Å². The number of hydrogen-bond acceptors (Lipinski definition) is 8. The number of ether oxygens (including phenoxy) is 2. The molecule has 8 rings (SSSR count). The van der Waals surface area contributed by atoms with Crippen LogP contribution in [0.15, 0.2) is 30.3 Å². The summed E-state index contributed by atoms with van der Waals surface area (Å²) in [4.78, 5) is 34.4. The van der Waals surface area contributed by atoms with Crippen LogP contribution in [-0.2, 0) is 11.2 Å². The number of fused-ring (bicyclic) bond motifs is 4. The summed E-state index contributed by atoms with van der Waals surface area (Å²) in [6.07, 6.45) is 10.2. The summed E-state index contributed by atoms with van der Waals surface area (Å²) >= 11 is 0. The zero-order chi connectivity index (χ0) is 36.9. The normalized spacial score (nSPS) is 20.8. The van der Waals surface area contributed by atoms with Crippen molar-refractivity contribution in [2.24, 2.45) is 5.92 Å². The monoisotopic (exact) mass is 710 g/mol. The van der Waals surface area contributed by atoms with E-state index in [1.54, 1.807) is 23.1 Å². The first-order valence-corrected chi connectivity index (χ1v) is 18.7. The Labute approximate surface area is 304 Å². The lowest BCUT2D eigenvalue weighted by atomic mass is 9.93. The van der Waals surface area contributed by atoms with E-state index in [0.717, 1.165) is 38.8 Å². The van der Waals surface area contributed by atoms with Gasteiger partial charge in [-0.15, -0.1) is 6.42 Å². The van der Waals surface area contributed by atoms with E-state index in [-0.39, 0.29) is 46.4 Å². The van der Waals surface area contributed by atoms with Crippen LogP contribution in [0.4, 0.5) is 19.4 Å². The second-order valence-corrected chi connectivity index (χ2v) is 15.3. The number of pyridine rings is 1. The molecule has 4 aliphatic rings. The van der Waals surface area contributed by atoms with Gasteiger partial charge in [0.05, 0.1) is 28.2 Å². The van der Waals surface area contributed by atoms with E-state index in [0.29, 0.717) is 65.9 Å². The molecule has 1 amide bonds. The molecule has 2 aromatic heterocycles. The van der Waals surface area contributed by atoms with Crippen molar-refractivity contribution in [3.8, 4) is 29.6 Å². The summed E-state index contributed by atoms with van der Waals surface area (Å²) < 4.78 is 44.4. The summed E-state index contributed by atoms with van der Waals surface area (Å²) in [5.74, 6) is 1.82. The molecule has 6 heterocycles. The average molecular weight is 711 g/mol. The Kier molecular flexibility index (Phi) is 9.49. The molecule has 0 saturated carbocycles. The Morgan fingerprint density at radius 2 is 1.77 bits per heavy atom. The lowest BCUT2D eigenvalue weighted by molar-refractivity contribution is 0.0199. The van der Waals surface area contributed by atoms with Crippen molar-refractivity contribution < 1.29 is 23.0 Å². The fourth-order valence-corrected chi connectivity index (χ4v) is 8.65. The molecule has 4 aromatic rings. The Balaban J connectivity index is 0.00000207. The maximum Gasteiger partial charge on any atom is 0.410 e. The summed E-state index contributed by atoms with van der Waals surface area (Å²) in [5.41, 5.74) is 0.558. The van der Waals surface area contributed by atoms with Gasteiger partial charge in [0.25, 0.3) is 0 Å². The predicted molar refractivity (Wildman–Crippen MR) is 200 cm³/mol. The number of hydrogen-bond donors (Lipinski definition) is 0. The molecular weight excluding hydrogens is 662 g/mol. The maximum absolute atomic E-state index is 17.2. The van der Waals surface area contributed by atoms with Crippen molar-refractivity contribution >= 4 is 33.6 Å². The van der Waals surface area contributed by atoms with Gasteiger partial charge in [-0.25, -0.2) is 18.6 Å². The van der Waals surface area contributed by atoms with Crippen molar-refractivity contribution in [3.05, 3.63) is 53.2 Å². The highest BCUT2D eigenvalue weighted by atomic mass is 19.1. The van der Waals surface area contributed by atoms with E-state index in [2.05, 4.69) is 22.6 Å². The molecule has 274 valence electrons. The van der Waals surface area contributed by atoms with Gasteiger partial charge in [0, 0.05) is 30.6 Å². The van der Waals surface area contributed by atoms with Crippen LogP contribution in [0.3, 0.4) is 0 Å². The van der Waals surface area contributed by atoms with Gasteiger partial charge >= 0.3 is 12.1 Å². The zero-order valence-electron chi connectivity index (χ0n) is 31.1. The number of carbonyl (C=O) groups is 1. The minimum absolute atomic E-state index is 0.0107. The molecule has 0 bridgehead atoms. The Bertz CT molecular complexity index is 2060. The van der Waals surface area contributed by atoms with Crippen LogP contribution in [0.2, 0.25) is 0 Å². The van der Waals surface area contributed by atoms with Crippen molar-refractivity contribution in [1.82, 2.24) is 24.8 Å². The van der Waals surface area contributed by atoms with E-state index in [9.17, 15) is 4.79 Å². The van der Waals surface area contributed by atoms with Crippen molar-refractivity contribution in [3.63, 3.8) is 0 Å². The molecule has 3 saturated heterocycles. The fourth-order valence-electron chi connectivity index (χ4n) is 8.65. The van der Waals surface area contributed by atoms with E-state index in [4.69, 9.17) is 30.8 Å². The van der Waals surface area contributed by atoms with Gasteiger partial charge in [-0.05, 0) is 83.3 Å². The maximum atomic E-state index is 17.2. The lowest BCUT2D eigenvalue weighted by Gasteiger charge is -2.43. The molecular formula is C41H48F2N6O3. The molecule has 4 aliphatic heterocycles. The predicted octanol–water partition coefficient (Wildman–Crippen LogP) is 7.76. The molecule has 0 spiro atoms. The number of terminal acetylenes is 1. The largest absolute Gasteiger partial charge is 0.461 e. The average Bonchev–Trinajstić information content (AvgIpc) is 3.69. The van der Waals surface area contributed by atoms with Crippen LogP contribution in [-0.4, -0.2) is 87.4 Å². The fraction of sp³-hybridized carbons (Fsp3) is 0.512. The highest BCUT2D eigenvalue weighted by Crippen LogP contribution is 2.43. The Hall–Kier alpha value is -4.56. The molecule has 0 N–H and O–H groups in total. The summed E-state index contributed by atoms with van der Waals surface area (Å²) in [6, 6.07) is 8.27. The SMILES string of the molecule is C#Cc1c(F)ccc2cccc(-c3nc4c5c(nc(OCC67CCCN6CCC7)nc5c3F)N3CCN(C(=O)OC(C)(C)C)CC3[C@@H](C)C4)c12.CC. The van der Waals surface area contributed by atoms with E-state index < -0.39 is 17.2 Å². The Morgan fingerprint density at radius 1 is 1.02 bits per heavy atom. The van der Waals surface area contributed by atoms with Crippen molar-refractivity contribution in [2.75, 3.05) is 44.2 Å². The Morgan fingerprint density at radius 3 is 2.48 bits per heavy atom. The summed E-state index contributed by atoms with van der Waals surface area (Å²) in [5, 5.41) is 1.64. The number of amides is 1. The van der Waals surface area contributed by atoms with Crippen LogP contribution in [0.5, 0.6) is 6.01 Å². The minimum atomic E-state index is -0.642. The first-order chi connectivity index (χ1) is 25.0. The van der Waals surface area contributed by atoms with Crippen LogP contribution in [0.25, 0.3) is 32.9 Å². The third kappa shape index (κ3) is 6.19. The third-order valence-corrected chi connectivity index (χ3v) is 11.0. The van der Waals surface area contributed by atoms with Gasteiger partial charge in [-0.2, -0.15) is 9.97 Å². The molecule has 52 heavy (non-hydrogen) atoms. The first-order valence-electron chi connectivity index (χ1n) is 18.7. The molecule has 1 unspecified atom stereocenters. The van der Waals surface area contributed by atoms with Gasteiger partial charge < -0.3 is 19.3 Å². The van der Waals surface area contributed by atoms with Crippen LogP contribution in [0, 0.1) is 29.9 Å². The number of benzene rings is 2. The number of piperazine rings is 1. The molecule has 0 radical (unpaired) electrons. The minimum Gasteiger partial charge on any atom is -0.461 e. The number of rotatable bonds is 4. The van der Waals surface area contributed by atoms with Gasteiger partial charge in [-0.1, -0.05) is 51.0 Å². The van der Waals surface area contributed by atoms with Gasteiger partial charge in [-0.3, -0.25) is 4.90 Å². The van der Waals surface area contributed by atoms with E-state index in [1.165, 1.54) is 6.07 Å². The molecule has 9 nitrogen and oxygen atoms in total. The van der Waals surface area contributed by atoms with E-state index in [1.807, 2.05) is 40.7 Å². The summed E-state index contributed by atoms with van der Waals surface area (Å²) in [7, 11) is 0. The molecule has 2 atom stereocenters. The highest BCUT2D eigenvalue weighted by Gasteiger charge is 2.45. The lowest BCUT2D eigenvalue weighted by Crippen LogP contribution is -2.58. The highest BCUT2D eigenvalue weighted by molar-refractivity contribution is 6.03. The smallest absolute Gasteiger partial charge is 0.410 e. The van der Waals surface area contributed by atoms with Crippen LogP contribution in [0.1, 0.15) is 78.5 Å². The molecule has 11 heteroatoms. The zero-order valence-corrected chi connectivity index (χ0v) is 31.1. The molecule has 3 fully saturated rings. The van der Waals surface area contributed by atoms with Crippen LogP contribution < -0.4 is 9.64 Å². The van der Waals surface area contributed by atoms with Gasteiger partial charge in [0.2, 0.25) is 0 Å². The summed E-state index contributed by atoms with van der Waals surface area (Å²) in [6.45, 7) is 15.5. The quantitative estimate of drug-likeness (QED) is 0.199. The standard InChI is InChI=1S/C39H42F2N6O3.C2H6/c1-6-25-27(40)13-12-24-10-7-11-26(30(24)25)33-32(41)34-31-28(42-33)20-23(2)29-21-45(37(48)50-38(3,4)5)18-19-47(29)35(31)44-36(43-34)49-22-39-14-8-16-46(39)17-9-15-39;1-2/h1,7,10-13,23,29H,8-9,14-22H2,2-5H3;1-2H3/t23-,29?;/m0./s1. The number of halogens is 2. The third-order valence-electron chi connectivity index (χ3n) is 11.0. The molecule has 0 aliphatic carbocycles. The second kappa shape index (κ2) is 13.8. The number of nitrogens with zero attached hydrogens (tertiary/aromatic N) is 6. The van der Waals surface area contributed by atoms with E-state index >= 15 is 8.78 Å². The van der Waals surface area contributed by atoms with Crippen LogP contribution >= 0.6 is 0 Å². The molecule has 2 aromatic carbocycles. The number of aromatic nitrogens is 3. The number of carbonyl (C=O) groups excluding carboxylic acids is 1. The first kappa shape index (κ1) is 35.8. The van der Waals surface area contributed by atoms with Crippen molar-refractivity contribution in [1.29, 1.82) is 0 Å². The topological polar surface area (TPSA) is 83.9 Å². The van der Waals surface area contributed by atoms with Gasteiger partial charge in [0.1, 0.15) is 35.1 Å².